The Hall–Kier alpha value is -1.86. The van der Waals surface area contributed by atoms with Crippen LogP contribution in [0.25, 0.3) is 11.3 Å². The Morgan fingerprint density at radius 2 is 2.24 bits per heavy atom. The summed E-state index contributed by atoms with van der Waals surface area (Å²) in [7, 11) is 0. The van der Waals surface area contributed by atoms with Crippen molar-refractivity contribution in [1.82, 2.24) is 25.0 Å². The Kier molecular flexibility index (Phi) is 2.54. The third-order valence-corrected chi connectivity index (χ3v) is 2.77. The molecule has 2 N–H and O–H groups in total. The van der Waals surface area contributed by atoms with Gasteiger partial charge < -0.3 is 10.5 Å². The molecule has 17 heavy (non-hydrogen) atoms. The van der Waals surface area contributed by atoms with E-state index in [0.29, 0.717) is 19.7 Å². The average Bonchev–Trinajstić information content (AvgIpc) is 2.82. The van der Waals surface area contributed by atoms with Gasteiger partial charge in [0.25, 0.3) is 0 Å². The average molecular weight is 232 g/mol. The molecule has 1 aliphatic rings. The highest BCUT2D eigenvalue weighted by Gasteiger charge is 2.23. The highest BCUT2D eigenvalue weighted by atomic mass is 16.5. The molecule has 88 valence electrons. The maximum Gasteiger partial charge on any atom is 0.121 e. The van der Waals surface area contributed by atoms with Gasteiger partial charge in [-0.2, -0.15) is 0 Å². The van der Waals surface area contributed by atoms with Gasteiger partial charge in [0.1, 0.15) is 12.0 Å². The van der Waals surface area contributed by atoms with Crippen LogP contribution in [-0.2, 0) is 17.9 Å². The van der Waals surface area contributed by atoms with E-state index in [1.54, 1.807) is 12.4 Å². The number of nitrogens with two attached hydrogens (primary N) is 1. The van der Waals surface area contributed by atoms with Gasteiger partial charge >= 0.3 is 0 Å². The topological polar surface area (TPSA) is 91.7 Å². The SMILES string of the molecule is NC[C@H]1Cn2nnc(-c3cncnc3)c2CO1. The van der Waals surface area contributed by atoms with E-state index < -0.39 is 0 Å². The van der Waals surface area contributed by atoms with Crippen molar-refractivity contribution in [2.45, 2.75) is 19.3 Å². The van der Waals surface area contributed by atoms with Crippen LogP contribution in [0.5, 0.6) is 0 Å². The molecule has 0 spiro atoms. The largest absolute Gasteiger partial charge is 0.369 e. The summed E-state index contributed by atoms with van der Waals surface area (Å²) in [4.78, 5) is 7.94. The molecule has 0 saturated heterocycles. The molecule has 0 aromatic carbocycles. The lowest BCUT2D eigenvalue weighted by molar-refractivity contribution is 0.00639. The van der Waals surface area contributed by atoms with E-state index >= 15 is 0 Å². The fourth-order valence-electron chi connectivity index (χ4n) is 1.85. The first-order valence-electron chi connectivity index (χ1n) is 5.38. The monoisotopic (exact) mass is 232 g/mol. The normalized spacial score (nSPS) is 19.0. The van der Waals surface area contributed by atoms with Crippen molar-refractivity contribution in [2.24, 2.45) is 5.73 Å². The van der Waals surface area contributed by atoms with Gasteiger partial charge in [0.15, 0.2) is 0 Å². The van der Waals surface area contributed by atoms with E-state index in [2.05, 4.69) is 20.3 Å². The van der Waals surface area contributed by atoms with Crippen molar-refractivity contribution in [3.8, 4) is 11.3 Å². The van der Waals surface area contributed by atoms with Crippen molar-refractivity contribution in [3.63, 3.8) is 0 Å². The van der Waals surface area contributed by atoms with Crippen molar-refractivity contribution < 1.29 is 4.74 Å². The molecule has 7 nitrogen and oxygen atoms in total. The lowest BCUT2D eigenvalue weighted by atomic mass is 10.2. The van der Waals surface area contributed by atoms with Crippen LogP contribution in [-0.4, -0.2) is 37.6 Å². The standard InChI is InChI=1S/C10H12N6O/c11-1-8-4-16-9(5-17-8)10(14-15-16)7-2-12-6-13-3-7/h2-3,6,8H,1,4-5,11H2/t8-/m0/s1. The minimum atomic E-state index is 0.0177. The Morgan fingerprint density at radius 1 is 1.41 bits per heavy atom. The molecule has 7 heteroatoms. The first kappa shape index (κ1) is 10.3. The number of fused-ring (bicyclic) bond motifs is 1. The summed E-state index contributed by atoms with van der Waals surface area (Å²) in [5.74, 6) is 0. The smallest absolute Gasteiger partial charge is 0.121 e. The van der Waals surface area contributed by atoms with Crippen molar-refractivity contribution in [1.29, 1.82) is 0 Å². The molecular weight excluding hydrogens is 220 g/mol. The number of nitrogens with zero attached hydrogens (tertiary/aromatic N) is 5. The van der Waals surface area contributed by atoms with Crippen LogP contribution in [0.3, 0.4) is 0 Å². The van der Waals surface area contributed by atoms with Crippen LogP contribution in [0.15, 0.2) is 18.7 Å². The van der Waals surface area contributed by atoms with Gasteiger partial charge in [0, 0.05) is 24.5 Å². The Morgan fingerprint density at radius 3 is 3.00 bits per heavy atom. The fraction of sp³-hybridized carbons (Fsp3) is 0.400. The zero-order chi connectivity index (χ0) is 11.7. The van der Waals surface area contributed by atoms with Crippen molar-refractivity contribution >= 4 is 0 Å². The third-order valence-electron chi connectivity index (χ3n) is 2.77. The number of hydrogen-bond donors (Lipinski definition) is 1. The predicted molar refractivity (Wildman–Crippen MR) is 58.7 cm³/mol. The minimum Gasteiger partial charge on any atom is -0.369 e. The van der Waals surface area contributed by atoms with Crippen LogP contribution < -0.4 is 5.73 Å². The molecule has 1 aliphatic heterocycles. The van der Waals surface area contributed by atoms with E-state index in [0.717, 1.165) is 17.0 Å². The van der Waals surface area contributed by atoms with Gasteiger partial charge in [0.05, 0.1) is 24.9 Å². The quantitative estimate of drug-likeness (QED) is 0.757. The van der Waals surface area contributed by atoms with E-state index in [1.807, 2.05) is 4.68 Å². The number of hydrogen-bond acceptors (Lipinski definition) is 6. The summed E-state index contributed by atoms with van der Waals surface area (Å²) in [5, 5.41) is 8.26. The first-order valence-corrected chi connectivity index (χ1v) is 5.38. The van der Waals surface area contributed by atoms with Gasteiger partial charge in [-0.3, -0.25) is 0 Å². The van der Waals surface area contributed by atoms with E-state index in [-0.39, 0.29) is 6.10 Å². The van der Waals surface area contributed by atoms with Crippen LogP contribution in [0.1, 0.15) is 5.69 Å². The Bertz CT molecular complexity index is 511. The van der Waals surface area contributed by atoms with Gasteiger partial charge in [-0.05, 0) is 0 Å². The lowest BCUT2D eigenvalue weighted by Crippen LogP contribution is -2.33. The second-order valence-electron chi connectivity index (χ2n) is 3.86. The molecule has 0 aliphatic carbocycles. The minimum absolute atomic E-state index is 0.0177. The van der Waals surface area contributed by atoms with E-state index in [4.69, 9.17) is 10.5 Å². The summed E-state index contributed by atoms with van der Waals surface area (Å²) in [5.41, 5.74) is 8.15. The summed E-state index contributed by atoms with van der Waals surface area (Å²) in [6, 6.07) is 0. The molecule has 0 radical (unpaired) electrons. The van der Waals surface area contributed by atoms with Crippen molar-refractivity contribution in [3.05, 3.63) is 24.4 Å². The van der Waals surface area contributed by atoms with Gasteiger partial charge in [-0.1, -0.05) is 5.21 Å². The summed E-state index contributed by atoms with van der Waals surface area (Å²) >= 11 is 0. The third kappa shape index (κ3) is 1.79. The van der Waals surface area contributed by atoms with Crippen LogP contribution in [0, 0.1) is 0 Å². The first-order chi connectivity index (χ1) is 8.38. The maximum atomic E-state index is 5.61. The number of rotatable bonds is 2. The zero-order valence-corrected chi connectivity index (χ0v) is 9.15. The summed E-state index contributed by atoms with van der Waals surface area (Å²) < 4.78 is 7.44. The fourth-order valence-corrected chi connectivity index (χ4v) is 1.85. The highest BCUT2D eigenvalue weighted by molar-refractivity contribution is 5.58. The van der Waals surface area contributed by atoms with Crippen molar-refractivity contribution in [2.75, 3.05) is 6.54 Å². The van der Waals surface area contributed by atoms with Gasteiger partial charge in [-0.15, -0.1) is 5.10 Å². The molecule has 2 aromatic heterocycles. The zero-order valence-electron chi connectivity index (χ0n) is 9.15. The molecular formula is C10H12N6O. The molecule has 0 bridgehead atoms. The molecule has 1 atom stereocenters. The Labute approximate surface area is 97.6 Å². The second kappa shape index (κ2) is 4.19. The molecule has 0 amide bonds. The summed E-state index contributed by atoms with van der Waals surface area (Å²) in [6.45, 7) is 1.61. The van der Waals surface area contributed by atoms with Gasteiger partial charge in [0.2, 0.25) is 0 Å². The van der Waals surface area contributed by atoms with Crippen LogP contribution >= 0.6 is 0 Å². The number of ether oxygens (including phenoxy) is 1. The van der Waals surface area contributed by atoms with Crippen LogP contribution in [0.4, 0.5) is 0 Å². The molecule has 2 aromatic rings. The van der Waals surface area contributed by atoms with E-state index in [1.165, 1.54) is 6.33 Å². The highest BCUT2D eigenvalue weighted by Crippen LogP contribution is 2.23. The van der Waals surface area contributed by atoms with Gasteiger partial charge in [-0.25, -0.2) is 14.6 Å². The summed E-state index contributed by atoms with van der Waals surface area (Å²) in [6.07, 6.45) is 4.93. The maximum absolute atomic E-state index is 5.61. The molecule has 0 unspecified atom stereocenters. The second-order valence-corrected chi connectivity index (χ2v) is 3.86. The Balaban J connectivity index is 1.97. The molecule has 0 fully saturated rings. The van der Waals surface area contributed by atoms with Crippen LogP contribution in [0.2, 0.25) is 0 Å². The molecule has 0 saturated carbocycles. The predicted octanol–water partition coefficient (Wildman–Crippen LogP) is -0.407. The molecule has 3 rings (SSSR count). The lowest BCUT2D eigenvalue weighted by Gasteiger charge is -2.22. The molecule has 3 heterocycles. The van der Waals surface area contributed by atoms with E-state index in [9.17, 15) is 0 Å². The number of aromatic nitrogens is 5.